The average Bonchev–Trinajstić information content (AvgIpc) is 3.22. The predicted octanol–water partition coefficient (Wildman–Crippen LogP) is 6.23. The van der Waals surface area contributed by atoms with Gasteiger partial charge in [-0.25, -0.2) is 0 Å². The van der Waals surface area contributed by atoms with Crippen molar-refractivity contribution in [1.29, 1.82) is 0 Å². The number of fused-ring (bicyclic) bond motifs is 3. The molecular formula is C23H17ClN4O2S. The standard InChI is InChI=1S/C23H17ClN4O2S/c1-2-13-31-23-26-22-20(27-28-23)15-8-4-6-10-17(15)25-21(30-22)19-12-11-18(29-19)14-7-3-5-9-16(14)24/h2-12,21,25H,1,13H2/t21-/m1/s1. The fourth-order valence-electron chi connectivity index (χ4n) is 3.27. The summed E-state index contributed by atoms with van der Waals surface area (Å²) in [6.45, 7) is 3.73. The van der Waals surface area contributed by atoms with E-state index in [-0.39, 0.29) is 0 Å². The van der Waals surface area contributed by atoms with E-state index in [0.717, 1.165) is 16.8 Å². The number of hydrogen-bond donors (Lipinski definition) is 1. The fourth-order valence-corrected chi connectivity index (χ4v) is 4.01. The molecule has 1 aliphatic heterocycles. The molecule has 0 radical (unpaired) electrons. The van der Waals surface area contributed by atoms with E-state index in [2.05, 4.69) is 27.1 Å². The van der Waals surface area contributed by atoms with Crippen molar-refractivity contribution >= 4 is 29.1 Å². The zero-order chi connectivity index (χ0) is 21.2. The molecular weight excluding hydrogens is 432 g/mol. The average molecular weight is 449 g/mol. The Morgan fingerprint density at radius 1 is 1.03 bits per heavy atom. The maximum absolute atomic E-state index is 6.33. The summed E-state index contributed by atoms with van der Waals surface area (Å²) in [5, 5.41) is 13.1. The van der Waals surface area contributed by atoms with Gasteiger partial charge in [0.15, 0.2) is 11.5 Å². The summed E-state index contributed by atoms with van der Waals surface area (Å²) in [4.78, 5) is 4.58. The molecule has 2 aromatic carbocycles. The smallest absolute Gasteiger partial charge is 0.247 e. The van der Waals surface area contributed by atoms with Gasteiger partial charge in [-0.3, -0.25) is 0 Å². The van der Waals surface area contributed by atoms with Crippen LogP contribution in [0.25, 0.3) is 22.6 Å². The summed E-state index contributed by atoms with van der Waals surface area (Å²) < 4.78 is 12.4. The molecule has 8 heteroatoms. The summed E-state index contributed by atoms with van der Waals surface area (Å²) in [6, 6.07) is 19.1. The minimum absolute atomic E-state index is 0.389. The van der Waals surface area contributed by atoms with Gasteiger partial charge in [-0.15, -0.1) is 16.8 Å². The van der Waals surface area contributed by atoms with E-state index < -0.39 is 6.23 Å². The van der Waals surface area contributed by atoms with E-state index >= 15 is 0 Å². The van der Waals surface area contributed by atoms with Crippen molar-refractivity contribution in [2.75, 3.05) is 11.1 Å². The monoisotopic (exact) mass is 448 g/mol. The molecule has 5 rings (SSSR count). The van der Waals surface area contributed by atoms with Crippen LogP contribution < -0.4 is 10.1 Å². The largest absolute Gasteiger partial charge is 0.455 e. The lowest BCUT2D eigenvalue weighted by atomic mass is 10.1. The van der Waals surface area contributed by atoms with Crippen LogP contribution in [0.1, 0.15) is 12.0 Å². The van der Waals surface area contributed by atoms with Crippen LogP contribution in [0.3, 0.4) is 0 Å². The lowest BCUT2D eigenvalue weighted by Gasteiger charge is -2.16. The van der Waals surface area contributed by atoms with Crippen LogP contribution in [0.5, 0.6) is 5.88 Å². The number of furan rings is 1. The molecule has 31 heavy (non-hydrogen) atoms. The number of aromatic nitrogens is 3. The van der Waals surface area contributed by atoms with Gasteiger partial charge < -0.3 is 14.5 Å². The summed E-state index contributed by atoms with van der Waals surface area (Å²) >= 11 is 7.77. The number of rotatable bonds is 5. The summed E-state index contributed by atoms with van der Waals surface area (Å²) in [6.07, 6.45) is 1.19. The van der Waals surface area contributed by atoms with Crippen LogP contribution in [-0.2, 0) is 0 Å². The molecule has 0 saturated carbocycles. The lowest BCUT2D eigenvalue weighted by Crippen LogP contribution is -2.16. The van der Waals surface area contributed by atoms with Gasteiger partial charge in [-0.1, -0.05) is 59.8 Å². The molecule has 0 fully saturated rings. The van der Waals surface area contributed by atoms with Crippen LogP contribution in [0.15, 0.2) is 82.9 Å². The van der Waals surface area contributed by atoms with Crippen molar-refractivity contribution in [1.82, 2.24) is 15.2 Å². The third-order valence-electron chi connectivity index (χ3n) is 4.69. The Morgan fingerprint density at radius 3 is 2.68 bits per heavy atom. The normalized spacial score (nSPS) is 14.5. The van der Waals surface area contributed by atoms with Crippen molar-refractivity contribution in [3.05, 3.63) is 84.1 Å². The van der Waals surface area contributed by atoms with Crippen LogP contribution in [0.4, 0.5) is 5.69 Å². The molecule has 0 bridgehead atoms. The highest BCUT2D eigenvalue weighted by Crippen LogP contribution is 2.40. The first-order valence-electron chi connectivity index (χ1n) is 9.58. The number of hydrogen-bond acceptors (Lipinski definition) is 7. The number of nitrogens with one attached hydrogen (secondary N) is 1. The van der Waals surface area contributed by atoms with E-state index in [9.17, 15) is 0 Å². The molecule has 3 heterocycles. The first-order valence-corrected chi connectivity index (χ1v) is 10.9. The SMILES string of the molecule is C=CCSc1nnc2c(n1)O[C@H](c1ccc(-c3ccccc3Cl)o1)Nc1ccccc1-2. The minimum Gasteiger partial charge on any atom is -0.455 e. The van der Waals surface area contributed by atoms with Crippen molar-refractivity contribution < 1.29 is 9.15 Å². The van der Waals surface area contributed by atoms with Crippen LogP contribution >= 0.6 is 23.4 Å². The van der Waals surface area contributed by atoms with Gasteiger partial charge in [0.05, 0.1) is 5.02 Å². The molecule has 2 aromatic heterocycles. The highest BCUT2D eigenvalue weighted by molar-refractivity contribution is 7.99. The number of anilines is 1. The zero-order valence-corrected chi connectivity index (χ0v) is 17.9. The summed E-state index contributed by atoms with van der Waals surface area (Å²) in [5.41, 5.74) is 3.10. The van der Waals surface area contributed by atoms with E-state index in [4.69, 9.17) is 20.8 Å². The molecule has 154 valence electrons. The lowest BCUT2D eigenvalue weighted by molar-refractivity contribution is 0.196. The molecule has 4 aromatic rings. The molecule has 0 unspecified atom stereocenters. The number of ether oxygens (including phenoxy) is 1. The fraction of sp³-hybridized carbons (Fsp3) is 0.0870. The quantitative estimate of drug-likeness (QED) is 0.286. The highest BCUT2D eigenvalue weighted by Gasteiger charge is 2.28. The molecule has 1 N–H and O–H groups in total. The predicted molar refractivity (Wildman–Crippen MR) is 122 cm³/mol. The minimum atomic E-state index is -0.604. The Labute approximate surface area is 188 Å². The van der Waals surface area contributed by atoms with Gasteiger partial charge in [0.1, 0.15) is 5.76 Å². The number of para-hydroxylation sites is 1. The third kappa shape index (κ3) is 3.89. The number of nitrogens with zero attached hydrogens (tertiary/aromatic N) is 3. The first kappa shape index (κ1) is 19.7. The summed E-state index contributed by atoms with van der Waals surface area (Å²) in [7, 11) is 0. The second-order valence-corrected chi connectivity index (χ2v) is 8.11. The van der Waals surface area contributed by atoms with Gasteiger partial charge in [0.2, 0.25) is 17.3 Å². The Balaban J connectivity index is 1.55. The Kier molecular flexibility index (Phi) is 5.36. The van der Waals surface area contributed by atoms with Gasteiger partial charge in [-0.05, 0) is 30.3 Å². The highest BCUT2D eigenvalue weighted by atomic mass is 35.5. The molecule has 0 aliphatic carbocycles. The topological polar surface area (TPSA) is 73.1 Å². The number of thioether (sulfide) groups is 1. The van der Waals surface area contributed by atoms with Crippen molar-refractivity contribution in [2.45, 2.75) is 11.4 Å². The van der Waals surface area contributed by atoms with Crippen LogP contribution in [-0.4, -0.2) is 20.9 Å². The van der Waals surface area contributed by atoms with E-state index in [0.29, 0.717) is 39.0 Å². The zero-order valence-electron chi connectivity index (χ0n) is 16.3. The molecule has 0 spiro atoms. The van der Waals surface area contributed by atoms with Gasteiger partial charge in [0.25, 0.3) is 0 Å². The van der Waals surface area contributed by atoms with Crippen molar-refractivity contribution in [3.8, 4) is 28.5 Å². The maximum Gasteiger partial charge on any atom is 0.247 e. The molecule has 0 amide bonds. The summed E-state index contributed by atoms with van der Waals surface area (Å²) in [5.74, 6) is 2.32. The molecule has 6 nitrogen and oxygen atoms in total. The van der Waals surface area contributed by atoms with Gasteiger partial charge in [-0.2, -0.15) is 4.98 Å². The maximum atomic E-state index is 6.33. The molecule has 1 atom stereocenters. The Bertz CT molecular complexity index is 1260. The van der Waals surface area contributed by atoms with Crippen LogP contribution in [0.2, 0.25) is 5.02 Å². The second-order valence-electron chi connectivity index (χ2n) is 6.72. The Hall–Kier alpha value is -3.29. The van der Waals surface area contributed by atoms with Gasteiger partial charge in [0, 0.05) is 22.6 Å². The van der Waals surface area contributed by atoms with E-state index in [1.165, 1.54) is 11.8 Å². The second kappa shape index (κ2) is 8.45. The first-order chi connectivity index (χ1) is 15.2. The molecule has 1 aliphatic rings. The Morgan fingerprint density at radius 2 is 1.84 bits per heavy atom. The van der Waals surface area contributed by atoms with E-state index in [1.54, 1.807) is 6.08 Å². The van der Waals surface area contributed by atoms with Gasteiger partial charge >= 0.3 is 0 Å². The van der Waals surface area contributed by atoms with Crippen molar-refractivity contribution in [2.24, 2.45) is 0 Å². The van der Waals surface area contributed by atoms with Crippen LogP contribution in [0, 0.1) is 0 Å². The molecule has 0 saturated heterocycles. The van der Waals surface area contributed by atoms with E-state index in [1.807, 2.05) is 60.7 Å². The number of benzene rings is 2. The number of halogens is 1. The third-order valence-corrected chi connectivity index (χ3v) is 5.85. The van der Waals surface area contributed by atoms with Crippen molar-refractivity contribution in [3.63, 3.8) is 0 Å².